The maximum Gasteiger partial charge on any atom is 0.252 e. The predicted octanol–water partition coefficient (Wildman–Crippen LogP) is 4.02. The molecule has 0 saturated carbocycles. The fourth-order valence-corrected chi connectivity index (χ4v) is 4.89. The third-order valence-corrected chi connectivity index (χ3v) is 6.81. The van der Waals surface area contributed by atoms with Crippen LogP contribution in [0.1, 0.15) is 41.2 Å². The van der Waals surface area contributed by atoms with E-state index in [1.165, 1.54) is 0 Å². The summed E-state index contributed by atoms with van der Waals surface area (Å²) in [4.78, 5) is 22.6. The topological polar surface area (TPSA) is 57.7 Å². The molecule has 2 aliphatic heterocycles. The molecule has 0 aliphatic carbocycles. The van der Waals surface area contributed by atoms with E-state index in [9.17, 15) is 4.79 Å². The Kier molecular flexibility index (Phi) is 5.25. The Morgan fingerprint density at radius 3 is 2.62 bits per heavy atom. The van der Waals surface area contributed by atoms with Crippen LogP contribution in [0.2, 0.25) is 0 Å². The zero-order chi connectivity index (χ0) is 22.3. The molecular formula is C26H30N4O2. The summed E-state index contributed by atoms with van der Waals surface area (Å²) in [7, 11) is 6.04. The van der Waals surface area contributed by atoms with Gasteiger partial charge in [0, 0.05) is 44.6 Å². The van der Waals surface area contributed by atoms with Gasteiger partial charge in [0.1, 0.15) is 17.2 Å². The van der Waals surface area contributed by atoms with Gasteiger partial charge in [-0.2, -0.15) is 0 Å². The molecular weight excluding hydrogens is 400 g/mol. The highest BCUT2D eigenvalue weighted by Gasteiger charge is 2.43. The van der Waals surface area contributed by atoms with Gasteiger partial charge in [-0.25, -0.2) is 4.98 Å². The van der Waals surface area contributed by atoms with Crippen LogP contribution in [0.4, 0.5) is 5.82 Å². The molecule has 1 N–H and O–H groups in total. The van der Waals surface area contributed by atoms with Crippen molar-refractivity contribution in [2.75, 3.05) is 39.1 Å². The number of ether oxygens (including phenoxy) is 1. The molecule has 6 nitrogen and oxygen atoms in total. The van der Waals surface area contributed by atoms with Crippen LogP contribution in [0.3, 0.4) is 0 Å². The zero-order valence-electron chi connectivity index (χ0n) is 19.0. The molecule has 1 atom stereocenters. The number of anilines is 1. The fraction of sp³-hybridized carbons (Fsp3) is 0.385. The summed E-state index contributed by atoms with van der Waals surface area (Å²) in [5, 5.41) is 4.22. The molecule has 6 heteroatoms. The van der Waals surface area contributed by atoms with Crippen molar-refractivity contribution in [3.05, 3.63) is 65.7 Å². The summed E-state index contributed by atoms with van der Waals surface area (Å²) in [6, 6.07) is 17.7. The largest absolute Gasteiger partial charge is 0.487 e. The number of rotatable bonds is 3. The van der Waals surface area contributed by atoms with E-state index in [1.807, 2.05) is 67.5 Å². The molecule has 3 aromatic rings. The number of hydrogen-bond donors (Lipinski definition) is 1. The second-order valence-corrected chi connectivity index (χ2v) is 9.30. The molecule has 2 aromatic carbocycles. The Labute approximate surface area is 189 Å². The number of nitrogens with zero attached hydrogens (tertiary/aromatic N) is 3. The van der Waals surface area contributed by atoms with Crippen molar-refractivity contribution in [1.82, 2.24) is 15.2 Å². The minimum absolute atomic E-state index is 0.0727. The van der Waals surface area contributed by atoms with E-state index < -0.39 is 0 Å². The number of amides is 1. The maximum absolute atomic E-state index is 13.6. The smallest absolute Gasteiger partial charge is 0.252 e. The molecule has 1 aromatic heterocycles. The number of benzene rings is 2. The van der Waals surface area contributed by atoms with Gasteiger partial charge in [0.25, 0.3) is 5.91 Å². The Balaban J connectivity index is 1.50. The number of aromatic nitrogens is 1. The van der Waals surface area contributed by atoms with Gasteiger partial charge in [-0.1, -0.05) is 36.4 Å². The number of para-hydroxylation sites is 2. The first-order chi connectivity index (χ1) is 15.4. The first-order valence-electron chi connectivity index (χ1n) is 11.3. The first-order valence-corrected chi connectivity index (χ1v) is 11.3. The monoisotopic (exact) mass is 430 g/mol. The number of carbonyl (C=O) groups is 1. The Morgan fingerprint density at radius 1 is 1.12 bits per heavy atom. The quantitative estimate of drug-likeness (QED) is 0.680. The lowest BCUT2D eigenvalue weighted by atomic mass is 9.80. The van der Waals surface area contributed by atoms with E-state index in [4.69, 9.17) is 9.72 Å². The molecule has 2 aliphatic rings. The van der Waals surface area contributed by atoms with Gasteiger partial charge in [-0.05, 0) is 38.1 Å². The molecule has 1 fully saturated rings. The minimum Gasteiger partial charge on any atom is -0.487 e. The summed E-state index contributed by atoms with van der Waals surface area (Å²) < 4.78 is 6.55. The lowest BCUT2D eigenvalue weighted by Crippen LogP contribution is -2.51. The Morgan fingerprint density at radius 2 is 1.84 bits per heavy atom. The van der Waals surface area contributed by atoms with Crippen molar-refractivity contribution in [3.63, 3.8) is 0 Å². The summed E-state index contributed by atoms with van der Waals surface area (Å²) in [6.45, 7) is 2.01. The van der Waals surface area contributed by atoms with Crippen LogP contribution in [-0.2, 0) is 0 Å². The van der Waals surface area contributed by atoms with E-state index in [-0.39, 0.29) is 17.6 Å². The van der Waals surface area contributed by atoms with Crippen molar-refractivity contribution in [2.45, 2.75) is 30.9 Å². The molecule has 1 saturated heterocycles. The van der Waals surface area contributed by atoms with Crippen LogP contribution in [0.25, 0.3) is 10.9 Å². The summed E-state index contributed by atoms with van der Waals surface area (Å²) in [6.07, 6.45) is 2.72. The molecule has 0 bridgehead atoms. The number of pyridine rings is 1. The molecule has 1 spiro atoms. The molecule has 3 heterocycles. The SMILES string of the molecule is CN1CCC2(CC1)CC(NC(=O)c1cc(N(C)C)nc3ccccc13)c1ccccc1O2. The predicted molar refractivity (Wildman–Crippen MR) is 127 cm³/mol. The van der Waals surface area contributed by atoms with Crippen molar-refractivity contribution >= 4 is 22.6 Å². The Hall–Kier alpha value is -3.12. The van der Waals surface area contributed by atoms with Crippen LogP contribution < -0.4 is 15.0 Å². The molecule has 1 unspecified atom stereocenters. The Bertz CT molecular complexity index is 1150. The third-order valence-electron chi connectivity index (χ3n) is 6.81. The average molecular weight is 431 g/mol. The standard InChI is InChI=1S/C26H30N4O2/c1-29(2)24-16-20(18-8-4-6-10-21(18)27-24)25(31)28-22-17-26(12-14-30(3)15-13-26)32-23-11-7-5-9-19(22)23/h4-11,16,22H,12-15,17H2,1-3H3,(H,28,31). The normalized spacial score (nSPS) is 19.9. The molecule has 0 radical (unpaired) electrons. The number of carbonyl (C=O) groups excluding carboxylic acids is 1. The van der Waals surface area contributed by atoms with Crippen LogP contribution in [0, 0.1) is 0 Å². The zero-order valence-corrected chi connectivity index (χ0v) is 19.0. The molecule has 5 rings (SSSR count). The van der Waals surface area contributed by atoms with Gasteiger partial charge in [0.15, 0.2) is 0 Å². The number of nitrogens with one attached hydrogen (secondary N) is 1. The second kappa shape index (κ2) is 8.10. The van der Waals surface area contributed by atoms with Crippen molar-refractivity contribution in [3.8, 4) is 5.75 Å². The minimum atomic E-state index is -0.228. The van der Waals surface area contributed by atoms with Gasteiger partial charge in [-0.3, -0.25) is 4.79 Å². The highest BCUT2D eigenvalue weighted by molar-refractivity contribution is 6.07. The van der Waals surface area contributed by atoms with E-state index in [0.29, 0.717) is 5.56 Å². The first kappa shape index (κ1) is 20.8. The van der Waals surface area contributed by atoms with E-state index in [2.05, 4.69) is 23.3 Å². The highest BCUT2D eigenvalue weighted by Crippen LogP contribution is 2.44. The summed E-state index contributed by atoms with van der Waals surface area (Å²) >= 11 is 0. The molecule has 1 amide bonds. The summed E-state index contributed by atoms with van der Waals surface area (Å²) in [5.41, 5.74) is 2.30. The van der Waals surface area contributed by atoms with Crippen LogP contribution in [0.15, 0.2) is 54.6 Å². The van der Waals surface area contributed by atoms with E-state index in [0.717, 1.165) is 60.4 Å². The molecule has 32 heavy (non-hydrogen) atoms. The van der Waals surface area contributed by atoms with E-state index in [1.54, 1.807) is 0 Å². The highest BCUT2D eigenvalue weighted by atomic mass is 16.5. The van der Waals surface area contributed by atoms with Crippen molar-refractivity contribution in [2.24, 2.45) is 0 Å². The number of hydrogen-bond acceptors (Lipinski definition) is 5. The average Bonchev–Trinajstić information content (AvgIpc) is 2.80. The van der Waals surface area contributed by atoms with Gasteiger partial charge in [-0.15, -0.1) is 0 Å². The van der Waals surface area contributed by atoms with Crippen LogP contribution in [0.5, 0.6) is 5.75 Å². The number of fused-ring (bicyclic) bond motifs is 2. The lowest BCUT2D eigenvalue weighted by Gasteiger charge is -2.46. The van der Waals surface area contributed by atoms with Crippen LogP contribution >= 0.6 is 0 Å². The molecule has 166 valence electrons. The van der Waals surface area contributed by atoms with Gasteiger partial charge in [0.2, 0.25) is 0 Å². The summed E-state index contributed by atoms with van der Waals surface area (Å²) in [5.74, 6) is 1.59. The third kappa shape index (κ3) is 3.79. The van der Waals surface area contributed by atoms with Crippen molar-refractivity contribution < 1.29 is 9.53 Å². The lowest BCUT2D eigenvalue weighted by molar-refractivity contribution is -0.0195. The van der Waals surface area contributed by atoms with Gasteiger partial charge >= 0.3 is 0 Å². The maximum atomic E-state index is 13.6. The second-order valence-electron chi connectivity index (χ2n) is 9.30. The van der Waals surface area contributed by atoms with Gasteiger partial charge in [0.05, 0.1) is 17.1 Å². The number of likely N-dealkylation sites (tertiary alicyclic amines) is 1. The number of piperidine rings is 1. The van der Waals surface area contributed by atoms with E-state index >= 15 is 0 Å². The van der Waals surface area contributed by atoms with Gasteiger partial charge < -0.3 is 19.9 Å². The van der Waals surface area contributed by atoms with Crippen LogP contribution in [-0.4, -0.2) is 55.6 Å². The fourth-order valence-electron chi connectivity index (χ4n) is 4.89. The van der Waals surface area contributed by atoms with Crippen molar-refractivity contribution in [1.29, 1.82) is 0 Å².